The normalized spacial score (nSPS) is 10.4. The summed E-state index contributed by atoms with van der Waals surface area (Å²) in [5.41, 5.74) is 0.719. The first kappa shape index (κ1) is 15.2. The average molecular weight is 282 g/mol. The maximum Gasteiger partial charge on any atom is 0.331 e. The van der Waals surface area contributed by atoms with Crippen LogP contribution in [-0.4, -0.2) is 25.0 Å². The van der Waals surface area contributed by atoms with Crippen molar-refractivity contribution < 1.29 is 14.3 Å². The first-order chi connectivity index (χ1) is 9.13. The van der Waals surface area contributed by atoms with Gasteiger partial charge in [0.1, 0.15) is 0 Å². The summed E-state index contributed by atoms with van der Waals surface area (Å²) in [6.45, 7) is 2.25. The molecule has 5 heteroatoms. The van der Waals surface area contributed by atoms with Gasteiger partial charge in [0.25, 0.3) is 5.91 Å². The number of esters is 1. The lowest BCUT2D eigenvalue weighted by Crippen LogP contribution is -2.28. The molecule has 0 unspecified atom stereocenters. The van der Waals surface area contributed by atoms with Gasteiger partial charge in [0.05, 0.1) is 0 Å². The molecule has 0 atom stereocenters. The molecule has 1 aromatic rings. The molecule has 0 aliphatic heterocycles. The van der Waals surface area contributed by atoms with Gasteiger partial charge in [-0.2, -0.15) is 0 Å². The molecule has 102 valence electrons. The predicted molar refractivity (Wildman–Crippen MR) is 74.7 cm³/mol. The number of carbonyl (C=O) groups excluding carboxylic acids is 2. The Morgan fingerprint density at radius 2 is 2.11 bits per heavy atom. The summed E-state index contributed by atoms with van der Waals surface area (Å²) in [5.74, 6) is -0.882. The van der Waals surface area contributed by atoms with Crippen molar-refractivity contribution in [1.82, 2.24) is 5.32 Å². The second kappa shape index (κ2) is 8.32. The molecule has 0 aliphatic rings. The van der Waals surface area contributed by atoms with Gasteiger partial charge in [-0.05, 0) is 24.1 Å². The second-order valence-corrected chi connectivity index (χ2v) is 4.22. The molecule has 0 heterocycles. The van der Waals surface area contributed by atoms with Gasteiger partial charge in [0.2, 0.25) is 0 Å². The molecule has 1 amide bonds. The van der Waals surface area contributed by atoms with Gasteiger partial charge in [-0.3, -0.25) is 4.79 Å². The molecule has 0 saturated heterocycles. The number of amides is 1. The Labute approximate surface area is 117 Å². The molecule has 0 aliphatic carbocycles. The van der Waals surface area contributed by atoms with Crippen molar-refractivity contribution in [3.63, 3.8) is 0 Å². The molecule has 0 aromatic heterocycles. The van der Waals surface area contributed by atoms with Crippen LogP contribution in [0.25, 0.3) is 6.08 Å². The summed E-state index contributed by atoms with van der Waals surface area (Å²) in [6, 6.07) is 7.12. The van der Waals surface area contributed by atoms with Gasteiger partial charge >= 0.3 is 5.97 Å². The lowest BCUT2D eigenvalue weighted by Gasteiger charge is -2.03. The number of nitrogens with one attached hydrogen (secondary N) is 1. The van der Waals surface area contributed by atoms with E-state index >= 15 is 0 Å². The Hall–Kier alpha value is -1.81. The smallest absolute Gasteiger partial charge is 0.331 e. The second-order valence-electron chi connectivity index (χ2n) is 3.81. The predicted octanol–water partition coefficient (Wildman–Crippen LogP) is 2.42. The SMILES string of the molecule is CCCNC(=O)COC(=O)/C=C/c1ccccc1Cl. The molecular weight excluding hydrogens is 266 g/mol. The van der Waals surface area contributed by atoms with E-state index in [1.165, 1.54) is 6.08 Å². The zero-order chi connectivity index (χ0) is 14.1. The molecular formula is C14H16ClNO3. The quantitative estimate of drug-likeness (QED) is 0.643. The summed E-state index contributed by atoms with van der Waals surface area (Å²) in [6.07, 6.45) is 3.63. The molecule has 1 aromatic carbocycles. The third-order valence-corrected chi connectivity index (χ3v) is 2.57. The fourth-order valence-corrected chi connectivity index (χ4v) is 1.47. The summed E-state index contributed by atoms with van der Waals surface area (Å²) in [5, 5.41) is 3.16. The van der Waals surface area contributed by atoms with E-state index in [4.69, 9.17) is 16.3 Å². The zero-order valence-electron chi connectivity index (χ0n) is 10.7. The van der Waals surface area contributed by atoms with Gasteiger partial charge in [-0.1, -0.05) is 36.7 Å². The highest BCUT2D eigenvalue weighted by atomic mass is 35.5. The van der Waals surface area contributed by atoms with Crippen molar-refractivity contribution in [1.29, 1.82) is 0 Å². The van der Waals surface area contributed by atoms with Gasteiger partial charge in [-0.25, -0.2) is 4.79 Å². The van der Waals surface area contributed by atoms with Crippen LogP contribution in [0.2, 0.25) is 5.02 Å². The van der Waals surface area contributed by atoms with Crippen LogP contribution in [0.5, 0.6) is 0 Å². The van der Waals surface area contributed by atoms with E-state index < -0.39 is 5.97 Å². The first-order valence-corrected chi connectivity index (χ1v) is 6.37. The highest BCUT2D eigenvalue weighted by Crippen LogP contribution is 2.16. The molecule has 19 heavy (non-hydrogen) atoms. The van der Waals surface area contributed by atoms with Gasteiger partial charge < -0.3 is 10.1 Å². The van der Waals surface area contributed by atoms with Crippen LogP contribution in [0.3, 0.4) is 0 Å². The molecule has 0 spiro atoms. The molecule has 4 nitrogen and oxygen atoms in total. The number of hydrogen-bond acceptors (Lipinski definition) is 3. The fraction of sp³-hybridized carbons (Fsp3) is 0.286. The third kappa shape index (κ3) is 6.06. The third-order valence-electron chi connectivity index (χ3n) is 2.22. The minimum Gasteiger partial charge on any atom is -0.452 e. The van der Waals surface area contributed by atoms with Crippen LogP contribution >= 0.6 is 11.6 Å². The number of benzene rings is 1. The van der Waals surface area contributed by atoms with Crippen LogP contribution < -0.4 is 5.32 Å². The van der Waals surface area contributed by atoms with E-state index in [0.717, 1.165) is 12.0 Å². The summed E-state index contributed by atoms with van der Waals surface area (Å²) in [7, 11) is 0. The average Bonchev–Trinajstić information content (AvgIpc) is 2.42. The standard InChI is InChI=1S/C14H16ClNO3/c1-2-9-16-13(17)10-19-14(18)8-7-11-5-3-4-6-12(11)15/h3-8H,2,9-10H2,1H3,(H,16,17)/b8-7+. The van der Waals surface area contributed by atoms with Crippen molar-refractivity contribution in [2.75, 3.05) is 13.2 Å². The van der Waals surface area contributed by atoms with Gasteiger partial charge in [0, 0.05) is 17.6 Å². The maximum absolute atomic E-state index is 11.4. The molecule has 0 fully saturated rings. The minimum atomic E-state index is -0.577. The van der Waals surface area contributed by atoms with E-state index in [1.807, 2.05) is 13.0 Å². The topological polar surface area (TPSA) is 55.4 Å². The van der Waals surface area contributed by atoms with Crippen LogP contribution in [-0.2, 0) is 14.3 Å². The number of rotatable bonds is 6. The molecule has 0 bridgehead atoms. The van der Waals surface area contributed by atoms with E-state index in [-0.39, 0.29) is 12.5 Å². The first-order valence-electron chi connectivity index (χ1n) is 5.99. The monoisotopic (exact) mass is 281 g/mol. The van der Waals surface area contributed by atoms with Crippen LogP contribution in [0, 0.1) is 0 Å². The fourth-order valence-electron chi connectivity index (χ4n) is 1.27. The Kier molecular flexibility index (Phi) is 6.68. The number of hydrogen-bond donors (Lipinski definition) is 1. The number of carbonyl (C=O) groups is 2. The molecule has 1 N–H and O–H groups in total. The summed E-state index contributed by atoms with van der Waals surface area (Å²) < 4.78 is 4.78. The van der Waals surface area contributed by atoms with E-state index in [9.17, 15) is 9.59 Å². The lowest BCUT2D eigenvalue weighted by atomic mass is 10.2. The van der Waals surface area contributed by atoms with Crippen LogP contribution in [0.1, 0.15) is 18.9 Å². The molecule has 1 rings (SSSR count). The Bertz CT molecular complexity index is 472. The Morgan fingerprint density at radius 1 is 1.37 bits per heavy atom. The molecule has 0 saturated carbocycles. The van der Waals surface area contributed by atoms with Gasteiger partial charge in [0.15, 0.2) is 6.61 Å². The van der Waals surface area contributed by atoms with E-state index in [0.29, 0.717) is 11.6 Å². The van der Waals surface area contributed by atoms with Gasteiger partial charge in [-0.15, -0.1) is 0 Å². The maximum atomic E-state index is 11.4. The van der Waals surface area contributed by atoms with Crippen molar-refractivity contribution in [3.8, 4) is 0 Å². The van der Waals surface area contributed by atoms with Crippen molar-refractivity contribution >= 4 is 29.6 Å². The van der Waals surface area contributed by atoms with E-state index in [1.54, 1.807) is 24.3 Å². The van der Waals surface area contributed by atoms with Crippen molar-refractivity contribution in [3.05, 3.63) is 40.9 Å². The largest absolute Gasteiger partial charge is 0.452 e. The van der Waals surface area contributed by atoms with Crippen molar-refractivity contribution in [2.24, 2.45) is 0 Å². The highest BCUT2D eigenvalue weighted by molar-refractivity contribution is 6.32. The number of ether oxygens (including phenoxy) is 1. The van der Waals surface area contributed by atoms with Crippen molar-refractivity contribution in [2.45, 2.75) is 13.3 Å². The highest BCUT2D eigenvalue weighted by Gasteiger charge is 2.04. The molecule has 0 radical (unpaired) electrons. The van der Waals surface area contributed by atoms with E-state index in [2.05, 4.69) is 5.32 Å². The summed E-state index contributed by atoms with van der Waals surface area (Å²) >= 11 is 5.92. The van der Waals surface area contributed by atoms with Crippen LogP contribution in [0.4, 0.5) is 0 Å². The zero-order valence-corrected chi connectivity index (χ0v) is 11.4. The minimum absolute atomic E-state index is 0.272. The van der Waals surface area contributed by atoms with Crippen LogP contribution in [0.15, 0.2) is 30.3 Å². The summed E-state index contributed by atoms with van der Waals surface area (Å²) in [4.78, 5) is 22.6. The Morgan fingerprint density at radius 3 is 2.79 bits per heavy atom. The lowest BCUT2D eigenvalue weighted by molar-refractivity contribution is -0.143. The Balaban J connectivity index is 2.39. The number of halogens is 1.